The van der Waals surface area contributed by atoms with Gasteiger partial charge in [-0.15, -0.1) is 0 Å². The van der Waals surface area contributed by atoms with Crippen molar-refractivity contribution in [3.63, 3.8) is 0 Å². The van der Waals surface area contributed by atoms with Crippen molar-refractivity contribution < 1.29 is 0 Å². The third-order valence-electron chi connectivity index (χ3n) is 5.80. The fourth-order valence-electron chi connectivity index (χ4n) is 3.98. The van der Waals surface area contributed by atoms with Gasteiger partial charge in [0.25, 0.3) is 0 Å². The molecule has 0 spiro atoms. The average molecular weight is 412 g/mol. The van der Waals surface area contributed by atoms with Gasteiger partial charge in [-0.05, 0) is 70.1 Å². The summed E-state index contributed by atoms with van der Waals surface area (Å²) in [6.07, 6.45) is 7.82. The van der Waals surface area contributed by atoms with Crippen LogP contribution in [0.2, 0.25) is 0 Å². The summed E-state index contributed by atoms with van der Waals surface area (Å²) in [4.78, 5) is 11.5. The van der Waals surface area contributed by atoms with Crippen LogP contribution in [0.1, 0.15) is 44.0 Å². The van der Waals surface area contributed by atoms with Crippen LogP contribution < -0.4 is 10.6 Å². The van der Waals surface area contributed by atoms with Gasteiger partial charge in [0.05, 0.1) is 0 Å². The number of nitrogens with one attached hydrogen (secondary N) is 2. The van der Waals surface area contributed by atoms with E-state index >= 15 is 0 Å². The van der Waals surface area contributed by atoms with E-state index in [4.69, 9.17) is 0 Å². The molecule has 7 heteroatoms. The van der Waals surface area contributed by atoms with Crippen molar-refractivity contribution in [3.8, 4) is 0 Å². The number of likely N-dealkylation sites (tertiary alicyclic amines) is 1. The molecule has 0 bridgehead atoms. The molecule has 7 nitrogen and oxygen atoms in total. The molecular formula is C23H37N7. The van der Waals surface area contributed by atoms with Gasteiger partial charge >= 0.3 is 0 Å². The molecule has 2 heterocycles. The molecular weight excluding hydrogens is 374 g/mol. The van der Waals surface area contributed by atoms with Gasteiger partial charge in [-0.2, -0.15) is 5.10 Å². The molecule has 0 amide bonds. The predicted octanol–water partition coefficient (Wildman–Crippen LogP) is 2.61. The van der Waals surface area contributed by atoms with Gasteiger partial charge < -0.3 is 15.5 Å². The number of hydrogen-bond acceptors (Lipinski definition) is 4. The molecule has 2 N–H and O–H groups in total. The number of benzene rings is 1. The second kappa shape index (κ2) is 12.3. The standard InChI is InChI=1S/C23H37N7/c1-3-24-23(26-18-22-27-19-28-29(22)2)25-13-7-8-14-30-15-11-21(12-16-30)17-20-9-5-4-6-10-20/h4-6,9-10,19,21H,3,7-8,11-18H2,1-2H3,(H2,24,25,26). The summed E-state index contributed by atoms with van der Waals surface area (Å²) in [5, 5.41) is 10.8. The highest BCUT2D eigenvalue weighted by molar-refractivity contribution is 5.79. The van der Waals surface area contributed by atoms with Crippen molar-refractivity contribution in [2.75, 3.05) is 32.7 Å². The molecule has 1 aliphatic rings. The minimum atomic E-state index is 0.532. The van der Waals surface area contributed by atoms with Crippen molar-refractivity contribution in [1.29, 1.82) is 0 Å². The van der Waals surface area contributed by atoms with E-state index in [0.717, 1.165) is 37.2 Å². The highest BCUT2D eigenvalue weighted by Gasteiger charge is 2.18. The molecule has 0 atom stereocenters. The van der Waals surface area contributed by atoms with Gasteiger partial charge in [0, 0.05) is 20.1 Å². The molecule has 0 unspecified atom stereocenters. The monoisotopic (exact) mass is 411 g/mol. The van der Waals surface area contributed by atoms with E-state index in [0.29, 0.717) is 6.54 Å². The molecule has 1 aromatic carbocycles. The number of rotatable bonds is 10. The Morgan fingerprint density at radius 3 is 2.63 bits per heavy atom. The van der Waals surface area contributed by atoms with Gasteiger partial charge in [-0.3, -0.25) is 4.68 Å². The first-order valence-corrected chi connectivity index (χ1v) is 11.4. The summed E-state index contributed by atoms with van der Waals surface area (Å²) >= 11 is 0. The van der Waals surface area contributed by atoms with Gasteiger partial charge in [0.15, 0.2) is 5.96 Å². The number of guanidine groups is 1. The van der Waals surface area contributed by atoms with E-state index in [1.54, 1.807) is 11.0 Å². The Hall–Kier alpha value is -2.41. The maximum absolute atomic E-state index is 4.61. The quantitative estimate of drug-likeness (QED) is 0.357. The Bertz CT molecular complexity index is 748. The number of aliphatic imine (C=N–C) groups is 1. The number of unbranched alkanes of at least 4 members (excludes halogenated alkanes) is 1. The van der Waals surface area contributed by atoms with E-state index in [1.807, 2.05) is 7.05 Å². The molecule has 0 saturated carbocycles. The average Bonchev–Trinajstić information content (AvgIpc) is 3.18. The summed E-state index contributed by atoms with van der Waals surface area (Å²) in [5.41, 5.74) is 1.49. The molecule has 1 aromatic heterocycles. The van der Waals surface area contributed by atoms with Crippen molar-refractivity contribution in [1.82, 2.24) is 30.3 Å². The Morgan fingerprint density at radius 1 is 1.13 bits per heavy atom. The summed E-state index contributed by atoms with van der Waals surface area (Å²) in [7, 11) is 1.89. The second-order valence-corrected chi connectivity index (χ2v) is 8.10. The van der Waals surface area contributed by atoms with Gasteiger partial charge in [-0.1, -0.05) is 30.3 Å². The molecule has 3 rings (SSSR count). The van der Waals surface area contributed by atoms with Crippen LogP contribution >= 0.6 is 0 Å². The van der Waals surface area contributed by atoms with E-state index < -0.39 is 0 Å². The molecule has 164 valence electrons. The molecule has 30 heavy (non-hydrogen) atoms. The van der Waals surface area contributed by atoms with Crippen LogP contribution in [-0.4, -0.2) is 58.3 Å². The third kappa shape index (κ3) is 7.44. The summed E-state index contributed by atoms with van der Waals surface area (Å²) in [6.45, 7) is 8.09. The zero-order valence-corrected chi connectivity index (χ0v) is 18.6. The summed E-state index contributed by atoms with van der Waals surface area (Å²) in [6, 6.07) is 10.9. The number of nitrogens with zero attached hydrogens (tertiary/aromatic N) is 5. The minimum Gasteiger partial charge on any atom is -0.357 e. The Kier molecular flexibility index (Phi) is 9.15. The SMILES string of the molecule is CCNC(=NCc1ncnn1C)NCCCCN1CCC(Cc2ccccc2)CC1. The first-order chi connectivity index (χ1) is 14.7. The van der Waals surface area contributed by atoms with Crippen molar-refractivity contribution in [2.45, 2.75) is 45.6 Å². The number of aromatic nitrogens is 3. The van der Waals surface area contributed by atoms with E-state index in [-0.39, 0.29) is 0 Å². The first kappa shape index (κ1) is 22.3. The molecule has 2 aromatic rings. The maximum Gasteiger partial charge on any atom is 0.191 e. The largest absolute Gasteiger partial charge is 0.357 e. The van der Waals surface area contributed by atoms with E-state index in [9.17, 15) is 0 Å². The summed E-state index contributed by atoms with van der Waals surface area (Å²) < 4.78 is 1.76. The Morgan fingerprint density at radius 2 is 1.93 bits per heavy atom. The molecule has 1 aliphatic heterocycles. The zero-order valence-electron chi connectivity index (χ0n) is 18.6. The zero-order chi connectivity index (χ0) is 21.0. The van der Waals surface area contributed by atoms with E-state index in [2.05, 4.69) is 67.9 Å². The van der Waals surface area contributed by atoms with Gasteiger partial charge in [0.2, 0.25) is 0 Å². The van der Waals surface area contributed by atoms with Crippen LogP contribution in [0, 0.1) is 5.92 Å². The van der Waals surface area contributed by atoms with Crippen molar-refractivity contribution in [3.05, 3.63) is 48.0 Å². The Balaban J connectivity index is 1.28. The van der Waals surface area contributed by atoms with Crippen molar-refractivity contribution >= 4 is 5.96 Å². The summed E-state index contributed by atoms with van der Waals surface area (Å²) in [5.74, 6) is 2.56. The van der Waals surface area contributed by atoms with Crippen LogP contribution in [0.5, 0.6) is 0 Å². The third-order valence-corrected chi connectivity index (χ3v) is 5.80. The van der Waals surface area contributed by atoms with Crippen LogP contribution in [-0.2, 0) is 20.0 Å². The highest BCUT2D eigenvalue weighted by atomic mass is 15.3. The smallest absolute Gasteiger partial charge is 0.191 e. The topological polar surface area (TPSA) is 70.4 Å². The number of hydrogen-bond donors (Lipinski definition) is 2. The number of aryl methyl sites for hydroxylation is 1. The lowest BCUT2D eigenvalue weighted by molar-refractivity contribution is 0.181. The molecule has 0 aliphatic carbocycles. The predicted molar refractivity (Wildman–Crippen MR) is 122 cm³/mol. The second-order valence-electron chi connectivity index (χ2n) is 8.10. The lowest BCUT2D eigenvalue weighted by Crippen LogP contribution is -2.38. The normalized spacial score (nSPS) is 16.0. The maximum atomic E-state index is 4.61. The van der Waals surface area contributed by atoms with Crippen molar-refractivity contribution in [2.24, 2.45) is 18.0 Å². The molecule has 0 radical (unpaired) electrons. The highest BCUT2D eigenvalue weighted by Crippen LogP contribution is 2.21. The van der Waals surface area contributed by atoms with Crippen LogP contribution in [0.4, 0.5) is 0 Å². The minimum absolute atomic E-state index is 0.532. The van der Waals surface area contributed by atoms with E-state index in [1.165, 1.54) is 50.9 Å². The first-order valence-electron chi connectivity index (χ1n) is 11.4. The lowest BCUT2D eigenvalue weighted by atomic mass is 9.90. The lowest BCUT2D eigenvalue weighted by Gasteiger charge is -2.32. The Labute approximate surface area is 181 Å². The van der Waals surface area contributed by atoms with Crippen LogP contribution in [0.3, 0.4) is 0 Å². The number of piperidine rings is 1. The van der Waals surface area contributed by atoms with Crippen LogP contribution in [0.15, 0.2) is 41.7 Å². The van der Waals surface area contributed by atoms with Crippen LogP contribution in [0.25, 0.3) is 0 Å². The molecule has 1 fully saturated rings. The van der Waals surface area contributed by atoms with Gasteiger partial charge in [-0.25, -0.2) is 9.98 Å². The van der Waals surface area contributed by atoms with Gasteiger partial charge in [0.1, 0.15) is 18.7 Å². The fourth-order valence-corrected chi connectivity index (χ4v) is 3.98. The molecule has 1 saturated heterocycles. The fraction of sp³-hybridized carbons (Fsp3) is 0.609.